The molecule has 0 spiro atoms. The van der Waals surface area contributed by atoms with Gasteiger partial charge in [-0.2, -0.15) is 0 Å². The minimum atomic E-state index is -3.70. The van der Waals surface area contributed by atoms with Crippen molar-refractivity contribution in [3.05, 3.63) is 29.8 Å². The van der Waals surface area contributed by atoms with Crippen LogP contribution in [0, 0.1) is 0 Å². The third kappa shape index (κ3) is 6.76. The first-order chi connectivity index (χ1) is 10.7. The first kappa shape index (κ1) is 19.1. The molecule has 128 valence electrons. The normalized spacial score (nSPS) is 12.5. The molecule has 0 radical (unpaired) electrons. The molecule has 8 nitrogen and oxygen atoms in total. The number of aliphatic hydroxyl groups is 1. The molecule has 1 unspecified atom stereocenters. The van der Waals surface area contributed by atoms with Gasteiger partial charge < -0.3 is 15.7 Å². The molecule has 0 aromatic heterocycles. The van der Waals surface area contributed by atoms with E-state index < -0.39 is 22.0 Å². The summed E-state index contributed by atoms with van der Waals surface area (Å²) in [6.45, 7) is 3.26. The number of hydrogen-bond acceptors (Lipinski definition) is 5. The maximum absolute atomic E-state index is 12.0. The molecule has 0 saturated carbocycles. The van der Waals surface area contributed by atoms with Gasteiger partial charge in [0, 0.05) is 32.1 Å². The van der Waals surface area contributed by atoms with Crippen molar-refractivity contribution in [1.29, 1.82) is 0 Å². The number of benzene rings is 1. The van der Waals surface area contributed by atoms with Crippen LogP contribution in [-0.2, 0) is 14.8 Å². The van der Waals surface area contributed by atoms with E-state index in [0.717, 1.165) is 0 Å². The summed E-state index contributed by atoms with van der Waals surface area (Å²) in [6, 6.07) is 5.41. The Balaban J connectivity index is 2.64. The zero-order valence-corrected chi connectivity index (χ0v) is 13.8. The molecule has 9 heteroatoms. The molecule has 0 aliphatic carbocycles. The van der Waals surface area contributed by atoms with Crippen molar-refractivity contribution in [2.75, 3.05) is 19.6 Å². The molecule has 0 bridgehead atoms. The lowest BCUT2D eigenvalue weighted by atomic mass is 10.2. The standard InChI is InChI=1S/C14H21N3O5S/c1-10(18)9-16-14(20)12-3-5-13(6-4-12)23(21,22)17-8-7-15-11(2)19/h3-6,10,17-18H,7-9H2,1-2H3,(H,15,19)(H,16,20). The second-order valence-corrected chi connectivity index (χ2v) is 6.73. The summed E-state index contributed by atoms with van der Waals surface area (Å²) < 4.78 is 26.4. The predicted octanol–water partition coefficient (Wildman–Crippen LogP) is -0.788. The summed E-state index contributed by atoms with van der Waals surface area (Å²) in [5.74, 6) is -0.634. The molecule has 1 rings (SSSR count). The molecule has 1 atom stereocenters. The zero-order chi connectivity index (χ0) is 17.5. The molecule has 0 fully saturated rings. The zero-order valence-electron chi connectivity index (χ0n) is 13.0. The van der Waals surface area contributed by atoms with Crippen molar-refractivity contribution >= 4 is 21.8 Å². The van der Waals surface area contributed by atoms with Gasteiger partial charge in [-0.3, -0.25) is 9.59 Å². The quantitative estimate of drug-likeness (QED) is 0.461. The SMILES string of the molecule is CC(=O)NCCNS(=O)(=O)c1ccc(C(=O)NCC(C)O)cc1. The number of sulfonamides is 1. The minimum Gasteiger partial charge on any atom is -0.392 e. The highest BCUT2D eigenvalue weighted by atomic mass is 32.2. The Bertz CT molecular complexity index is 641. The van der Waals surface area contributed by atoms with Crippen LogP contribution >= 0.6 is 0 Å². The fraction of sp³-hybridized carbons (Fsp3) is 0.429. The first-order valence-electron chi connectivity index (χ1n) is 7.03. The fourth-order valence-electron chi connectivity index (χ4n) is 1.64. The molecule has 0 aliphatic heterocycles. The summed E-state index contributed by atoms with van der Waals surface area (Å²) in [6.07, 6.45) is -0.661. The summed E-state index contributed by atoms with van der Waals surface area (Å²) in [5.41, 5.74) is 0.294. The lowest BCUT2D eigenvalue weighted by Gasteiger charge is -2.09. The molecule has 4 N–H and O–H groups in total. The molecule has 1 aromatic rings. The van der Waals surface area contributed by atoms with Gasteiger partial charge in [0.2, 0.25) is 15.9 Å². The average molecular weight is 343 g/mol. The van der Waals surface area contributed by atoms with Gasteiger partial charge in [-0.15, -0.1) is 0 Å². The van der Waals surface area contributed by atoms with Crippen LogP contribution < -0.4 is 15.4 Å². The van der Waals surface area contributed by atoms with Gasteiger partial charge >= 0.3 is 0 Å². The summed E-state index contributed by atoms with van der Waals surface area (Å²) in [5, 5.41) is 14.1. The van der Waals surface area contributed by atoms with Gasteiger partial charge in [-0.1, -0.05) is 0 Å². The molecule has 0 aliphatic rings. The molecule has 0 saturated heterocycles. The number of aliphatic hydroxyl groups excluding tert-OH is 1. The van der Waals surface area contributed by atoms with Crippen LogP contribution in [0.5, 0.6) is 0 Å². The molecule has 0 heterocycles. The summed E-state index contributed by atoms with van der Waals surface area (Å²) in [4.78, 5) is 22.5. The maximum atomic E-state index is 12.0. The number of carbonyl (C=O) groups excluding carboxylic acids is 2. The van der Waals surface area contributed by atoms with Gasteiger partial charge in [0.25, 0.3) is 5.91 Å². The van der Waals surface area contributed by atoms with Crippen molar-refractivity contribution in [3.8, 4) is 0 Å². The maximum Gasteiger partial charge on any atom is 0.251 e. The molecule has 23 heavy (non-hydrogen) atoms. The van der Waals surface area contributed by atoms with E-state index in [2.05, 4.69) is 15.4 Å². The van der Waals surface area contributed by atoms with Crippen LogP contribution in [0.3, 0.4) is 0 Å². The van der Waals surface area contributed by atoms with E-state index in [0.29, 0.717) is 5.56 Å². The summed E-state index contributed by atoms with van der Waals surface area (Å²) in [7, 11) is -3.70. The van der Waals surface area contributed by atoms with E-state index >= 15 is 0 Å². The number of amides is 2. The van der Waals surface area contributed by atoms with Crippen molar-refractivity contribution in [2.24, 2.45) is 0 Å². The smallest absolute Gasteiger partial charge is 0.251 e. The molecular weight excluding hydrogens is 322 g/mol. The Morgan fingerprint density at radius 3 is 2.26 bits per heavy atom. The Labute approximate surface area is 135 Å². The largest absolute Gasteiger partial charge is 0.392 e. The highest BCUT2D eigenvalue weighted by molar-refractivity contribution is 7.89. The van der Waals surface area contributed by atoms with Crippen LogP contribution in [0.4, 0.5) is 0 Å². The predicted molar refractivity (Wildman–Crippen MR) is 84.3 cm³/mol. The third-order valence-corrected chi connectivity index (χ3v) is 4.25. The third-order valence-electron chi connectivity index (χ3n) is 2.78. The van der Waals surface area contributed by atoms with E-state index in [-0.39, 0.29) is 30.4 Å². The Kier molecular flexibility index (Phi) is 7.14. The van der Waals surface area contributed by atoms with E-state index in [4.69, 9.17) is 5.11 Å². The van der Waals surface area contributed by atoms with Gasteiger partial charge in [-0.05, 0) is 31.2 Å². The van der Waals surface area contributed by atoms with Crippen LogP contribution in [-0.4, -0.2) is 51.1 Å². The van der Waals surface area contributed by atoms with Crippen LogP contribution in [0.1, 0.15) is 24.2 Å². The first-order valence-corrected chi connectivity index (χ1v) is 8.51. The number of rotatable bonds is 8. The van der Waals surface area contributed by atoms with Crippen LogP contribution in [0.2, 0.25) is 0 Å². The van der Waals surface area contributed by atoms with Crippen LogP contribution in [0.25, 0.3) is 0 Å². The van der Waals surface area contributed by atoms with E-state index in [1.807, 2.05) is 0 Å². The lowest BCUT2D eigenvalue weighted by Crippen LogP contribution is -2.33. The Morgan fingerprint density at radius 2 is 1.74 bits per heavy atom. The van der Waals surface area contributed by atoms with Crippen molar-refractivity contribution in [3.63, 3.8) is 0 Å². The highest BCUT2D eigenvalue weighted by Gasteiger charge is 2.14. The average Bonchev–Trinajstić information content (AvgIpc) is 2.49. The second-order valence-electron chi connectivity index (χ2n) is 4.96. The highest BCUT2D eigenvalue weighted by Crippen LogP contribution is 2.10. The van der Waals surface area contributed by atoms with Gasteiger partial charge in [-0.25, -0.2) is 13.1 Å². The van der Waals surface area contributed by atoms with Crippen molar-refractivity contribution in [1.82, 2.24) is 15.4 Å². The van der Waals surface area contributed by atoms with E-state index in [9.17, 15) is 18.0 Å². The lowest BCUT2D eigenvalue weighted by molar-refractivity contribution is -0.118. The van der Waals surface area contributed by atoms with Crippen molar-refractivity contribution in [2.45, 2.75) is 24.8 Å². The van der Waals surface area contributed by atoms with Gasteiger partial charge in [0.05, 0.1) is 11.0 Å². The minimum absolute atomic E-state index is 0.0207. The van der Waals surface area contributed by atoms with Gasteiger partial charge in [0.1, 0.15) is 0 Å². The number of hydrogen-bond donors (Lipinski definition) is 4. The molecular formula is C14H21N3O5S. The number of carbonyl (C=O) groups is 2. The molecule has 1 aromatic carbocycles. The van der Waals surface area contributed by atoms with Crippen molar-refractivity contribution < 1.29 is 23.1 Å². The monoisotopic (exact) mass is 343 g/mol. The second kappa shape index (κ2) is 8.61. The van der Waals surface area contributed by atoms with E-state index in [1.54, 1.807) is 6.92 Å². The Morgan fingerprint density at radius 1 is 1.13 bits per heavy atom. The summed E-state index contributed by atoms with van der Waals surface area (Å²) >= 11 is 0. The topological polar surface area (TPSA) is 125 Å². The Hall–Kier alpha value is -1.97. The fourth-order valence-corrected chi connectivity index (χ4v) is 2.67. The number of nitrogens with one attached hydrogen (secondary N) is 3. The van der Waals surface area contributed by atoms with E-state index in [1.165, 1.54) is 31.2 Å². The van der Waals surface area contributed by atoms with Crippen LogP contribution in [0.15, 0.2) is 29.2 Å². The molecule has 2 amide bonds. The van der Waals surface area contributed by atoms with Gasteiger partial charge in [0.15, 0.2) is 0 Å².